The van der Waals surface area contributed by atoms with Crippen molar-refractivity contribution in [3.63, 3.8) is 0 Å². The summed E-state index contributed by atoms with van der Waals surface area (Å²) < 4.78 is 11.5. The Balaban J connectivity index is 1.91. The first-order valence-corrected chi connectivity index (χ1v) is 13.6. The summed E-state index contributed by atoms with van der Waals surface area (Å²) in [5.74, 6) is 1.78. The van der Waals surface area contributed by atoms with Gasteiger partial charge in [0.1, 0.15) is 23.4 Å². The van der Waals surface area contributed by atoms with Crippen molar-refractivity contribution in [1.29, 1.82) is 0 Å². The van der Waals surface area contributed by atoms with Gasteiger partial charge < -0.3 is 19.3 Å². The first kappa shape index (κ1) is 28.7. The van der Waals surface area contributed by atoms with E-state index in [4.69, 9.17) is 37.7 Å². The molecule has 2 atom stereocenters. The zero-order valence-electron chi connectivity index (χ0n) is 22.9. The molecule has 0 saturated heterocycles. The van der Waals surface area contributed by atoms with Crippen LogP contribution in [-0.4, -0.2) is 74.5 Å². The predicted molar refractivity (Wildman–Crippen MR) is 158 cm³/mol. The van der Waals surface area contributed by atoms with Gasteiger partial charge in [0.15, 0.2) is 0 Å². The molecule has 3 aromatic carbocycles. The molecule has 2 amide bonds. The van der Waals surface area contributed by atoms with Crippen molar-refractivity contribution >= 4 is 35.1 Å². The molecule has 0 fully saturated rings. The second-order valence-electron chi connectivity index (χ2n) is 9.62. The molecule has 1 aliphatic rings. The average molecular weight is 570 g/mol. The minimum absolute atomic E-state index is 0.162. The van der Waals surface area contributed by atoms with Gasteiger partial charge in [0, 0.05) is 36.2 Å². The number of rotatable bonds is 9. The molecule has 4 rings (SSSR count). The van der Waals surface area contributed by atoms with Gasteiger partial charge in [-0.05, 0) is 68.5 Å². The number of amides is 2. The van der Waals surface area contributed by atoms with Gasteiger partial charge in [-0.3, -0.25) is 9.89 Å². The van der Waals surface area contributed by atoms with Crippen LogP contribution < -0.4 is 9.47 Å². The SMILES string of the molecule is CCOc1cc(OC)ccc1C1=NC(c2ccc(Cl)cc2)C(c2ccc(Cl)cc2)N1C(=O)N(C)CCN(C)C. The van der Waals surface area contributed by atoms with Crippen molar-refractivity contribution in [3.8, 4) is 11.5 Å². The molecule has 9 heteroatoms. The lowest BCUT2D eigenvalue weighted by Gasteiger charge is -2.33. The topological polar surface area (TPSA) is 57.6 Å². The molecule has 0 aromatic heterocycles. The van der Waals surface area contributed by atoms with Crippen LogP contribution in [0.25, 0.3) is 0 Å². The van der Waals surface area contributed by atoms with Crippen molar-refractivity contribution in [3.05, 3.63) is 93.5 Å². The number of benzene rings is 3. The number of urea groups is 1. The van der Waals surface area contributed by atoms with Crippen LogP contribution in [0, 0.1) is 0 Å². The number of carbonyl (C=O) groups excluding carboxylic acids is 1. The fourth-order valence-electron chi connectivity index (χ4n) is 4.57. The molecule has 39 heavy (non-hydrogen) atoms. The lowest BCUT2D eigenvalue weighted by atomic mass is 9.93. The number of hydrogen-bond donors (Lipinski definition) is 0. The largest absolute Gasteiger partial charge is 0.497 e. The van der Waals surface area contributed by atoms with Crippen LogP contribution >= 0.6 is 23.2 Å². The summed E-state index contributed by atoms with van der Waals surface area (Å²) in [4.78, 5) is 25.0. The maximum atomic E-state index is 14.3. The van der Waals surface area contributed by atoms with Crippen LogP contribution in [0.1, 0.15) is 35.7 Å². The number of carbonyl (C=O) groups is 1. The number of methoxy groups -OCH3 is 1. The molecule has 0 radical (unpaired) electrons. The quantitative estimate of drug-likeness (QED) is 0.293. The highest BCUT2D eigenvalue weighted by atomic mass is 35.5. The van der Waals surface area contributed by atoms with Gasteiger partial charge in [-0.1, -0.05) is 47.5 Å². The Hall–Kier alpha value is -3.26. The van der Waals surface area contributed by atoms with Crippen molar-refractivity contribution in [2.45, 2.75) is 19.0 Å². The van der Waals surface area contributed by atoms with E-state index in [2.05, 4.69) is 0 Å². The van der Waals surface area contributed by atoms with Crippen molar-refractivity contribution in [2.75, 3.05) is 47.9 Å². The van der Waals surface area contributed by atoms with Gasteiger partial charge in [-0.15, -0.1) is 0 Å². The number of likely N-dealkylation sites (N-methyl/N-ethyl adjacent to an activating group) is 2. The molecule has 0 aliphatic carbocycles. The van der Waals surface area contributed by atoms with Gasteiger partial charge in [0.2, 0.25) is 0 Å². The molecule has 0 saturated carbocycles. The summed E-state index contributed by atoms with van der Waals surface area (Å²) in [5.41, 5.74) is 2.57. The van der Waals surface area contributed by atoms with Crippen LogP contribution in [0.3, 0.4) is 0 Å². The van der Waals surface area contributed by atoms with Gasteiger partial charge in [0.25, 0.3) is 0 Å². The van der Waals surface area contributed by atoms with Gasteiger partial charge in [-0.25, -0.2) is 4.79 Å². The van der Waals surface area contributed by atoms with Gasteiger partial charge in [-0.2, -0.15) is 0 Å². The highest BCUT2D eigenvalue weighted by Gasteiger charge is 2.44. The monoisotopic (exact) mass is 568 g/mol. The van der Waals surface area contributed by atoms with E-state index in [1.54, 1.807) is 16.9 Å². The Kier molecular flexibility index (Phi) is 9.38. The molecule has 0 N–H and O–H groups in total. The van der Waals surface area contributed by atoms with E-state index >= 15 is 0 Å². The van der Waals surface area contributed by atoms with E-state index in [0.717, 1.165) is 17.7 Å². The molecule has 0 bridgehead atoms. The minimum atomic E-state index is -0.427. The number of amidine groups is 1. The lowest BCUT2D eigenvalue weighted by molar-refractivity contribution is 0.170. The van der Waals surface area contributed by atoms with E-state index in [9.17, 15) is 4.79 Å². The number of ether oxygens (including phenoxy) is 2. The first-order chi connectivity index (χ1) is 18.7. The molecular weight excluding hydrogens is 535 g/mol. The molecule has 1 heterocycles. The highest BCUT2D eigenvalue weighted by molar-refractivity contribution is 6.30. The molecule has 2 unspecified atom stereocenters. The summed E-state index contributed by atoms with van der Waals surface area (Å²) in [7, 11) is 7.40. The zero-order chi connectivity index (χ0) is 28.1. The normalized spacial score (nSPS) is 16.8. The summed E-state index contributed by atoms with van der Waals surface area (Å²) in [6, 6.07) is 19.8. The number of nitrogens with zero attached hydrogens (tertiary/aromatic N) is 4. The molecule has 1 aliphatic heterocycles. The number of hydrogen-bond acceptors (Lipinski definition) is 5. The number of halogens is 2. The third kappa shape index (κ3) is 6.49. The maximum absolute atomic E-state index is 14.3. The van der Waals surface area contributed by atoms with Crippen LogP contribution in [0.4, 0.5) is 4.79 Å². The van der Waals surface area contributed by atoms with E-state index in [0.29, 0.717) is 46.1 Å². The van der Waals surface area contributed by atoms with Crippen molar-refractivity contribution < 1.29 is 14.3 Å². The van der Waals surface area contributed by atoms with Gasteiger partial charge >= 0.3 is 6.03 Å². The minimum Gasteiger partial charge on any atom is -0.497 e. The first-order valence-electron chi connectivity index (χ1n) is 12.8. The van der Waals surface area contributed by atoms with Crippen LogP contribution in [0.2, 0.25) is 10.0 Å². The van der Waals surface area contributed by atoms with Crippen LogP contribution in [0.5, 0.6) is 11.5 Å². The molecule has 0 spiro atoms. The Morgan fingerprint density at radius 3 is 2.10 bits per heavy atom. The van der Waals surface area contributed by atoms with E-state index in [1.165, 1.54) is 0 Å². The Bertz CT molecular complexity index is 1310. The molecule has 7 nitrogen and oxygen atoms in total. The zero-order valence-corrected chi connectivity index (χ0v) is 24.4. The third-order valence-electron chi connectivity index (χ3n) is 6.63. The second-order valence-corrected chi connectivity index (χ2v) is 10.5. The standard InChI is InChI=1S/C30H34Cl2N4O3/c1-6-39-26-19-24(38-5)15-16-25(26)29-33-27(20-7-11-22(31)12-8-20)28(21-9-13-23(32)14-10-21)36(29)30(37)35(4)18-17-34(2)3/h7-16,19,27-28H,6,17-18H2,1-5H3. The van der Waals surface area contributed by atoms with E-state index in [1.807, 2.05) is 99.7 Å². The summed E-state index contributed by atoms with van der Waals surface area (Å²) in [5, 5.41) is 1.25. The number of aliphatic imine (C=N–C) groups is 1. The Morgan fingerprint density at radius 2 is 1.54 bits per heavy atom. The second kappa shape index (κ2) is 12.7. The summed E-state index contributed by atoms with van der Waals surface area (Å²) >= 11 is 12.5. The fraction of sp³-hybridized carbons (Fsp3) is 0.333. The third-order valence-corrected chi connectivity index (χ3v) is 7.14. The summed E-state index contributed by atoms with van der Waals surface area (Å²) in [6.07, 6.45) is 0. The smallest absolute Gasteiger partial charge is 0.326 e. The Morgan fingerprint density at radius 1 is 0.923 bits per heavy atom. The van der Waals surface area contributed by atoms with E-state index < -0.39 is 6.04 Å². The summed E-state index contributed by atoms with van der Waals surface area (Å²) in [6.45, 7) is 3.65. The van der Waals surface area contributed by atoms with Crippen molar-refractivity contribution in [2.24, 2.45) is 4.99 Å². The maximum Gasteiger partial charge on any atom is 0.326 e. The lowest BCUT2D eigenvalue weighted by Crippen LogP contribution is -2.46. The average Bonchev–Trinajstić information content (AvgIpc) is 3.32. The fourth-order valence-corrected chi connectivity index (χ4v) is 4.83. The highest BCUT2D eigenvalue weighted by Crippen LogP contribution is 2.45. The molecule has 206 valence electrons. The predicted octanol–water partition coefficient (Wildman–Crippen LogP) is 6.56. The van der Waals surface area contributed by atoms with Crippen LogP contribution in [0.15, 0.2) is 71.7 Å². The van der Waals surface area contributed by atoms with Crippen LogP contribution in [-0.2, 0) is 0 Å². The molecule has 3 aromatic rings. The van der Waals surface area contributed by atoms with Gasteiger partial charge in [0.05, 0.1) is 25.3 Å². The van der Waals surface area contributed by atoms with E-state index in [-0.39, 0.29) is 12.1 Å². The Labute approximate surface area is 240 Å². The van der Waals surface area contributed by atoms with Crippen molar-refractivity contribution in [1.82, 2.24) is 14.7 Å². The molecular formula is C30H34Cl2N4O3.